The van der Waals surface area contributed by atoms with Crippen LogP contribution in [0.2, 0.25) is 0 Å². The summed E-state index contributed by atoms with van der Waals surface area (Å²) in [4.78, 5) is 11.3. The molecule has 74 valence electrons. The Balaban J connectivity index is 2.25. The summed E-state index contributed by atoms with van der Waals surface area (Å²) >= 11 is 0. The molecule has 0 saturated heterocycles. The smallest absolute Gasteiger partial charge is 0.310 e. The molecule has 0 spiro atoms. The fourth-order valence-corrected chi connectivity index (χ4v) is 1.13. The second-order valence-electron chi connectivity index (χ2n) is 4.16. The monoisotopic (exact) mass is 184 g/mol. The molecular formula is C10H16O3. The van der Waals surface area contributed by atoms with Crippen LogP contribution >= 0.6 is 0 Å². The zero-order valence-corrected chi connectivity index (χ0v) is 8.37. The molecule has 1 atom stereocenters. The van der Waals surface area contributed by atoms with Gasteiger partial charge in [-0.3, -0.25) is 4.79 Å². The van der Waals surface area contributed by atoms with Crippen molar-refractivity contribution in [3.05, 3.63) is 12.3 Å². The normalized spacial score (nSPS) is 21.3. The predicted molar refractivity (Wildman–Crippen MR) is 49.1 cm³/mol. The standard InChI is InChI=1S/C10H16O3/c1-10(2,3)13-9(11)7-8-5-4-6-12-8/h4,6,8H,5,7H2,1-3H3. The molecule has 0 aromatic heterocycles. The van der Waals surface area contributed by atoms with Crippen molar-refractivity contribution in [1.29, 1.82) is 0 Å². The zero-order chi connectivity index (χ0) is 9.90. The molecule has 0 amide bonds. The fourth-order valence-electron chi connectivity index (χ4n) is 1.13. The summed E-state index contributed by atoms with van der Waals surface area (Å²) in [6.45, 7) is 5.58. The second-order valence-corrected chi connectivity index (χ2v) is 4.16. The predicted octanol–water partition coefficient (Wildman–Crippen LogP) is 2.02. The maximum absolute atomic E-state index is 11.3. The van der Waals surface area contributed by atoms with Crippen molar-refractivity contribution in [2.45, 2.75) is 45.3 Å². The quantitative estimate of drug-likeness (QED) is 0.616. The van der Waals surface area contributed by atoms with E-state index in [0.717, 1.165) is 6.42 Å². The number of hydrogen-bond acceptors (Lipinski definition) is 3. The first-order valence-electron chi connectivity index (χ1n) is 4.50. The number of ether oxygens (including phenoxy) is 2. The highest BCUT2D eigenvalue weighted by molar-refractivity contribution is 5.70. The molecule has 3 heteroatoms. The highest BCUT2D eigenvalue weighted by Gasteiger charge is 2.21. The topological polar surface area (TPSA) is 35.5 Å². The molecule has 0 aromatic carbocycles. The number of carbonyl (C=O) groups is 1. The third kappa shape index (κ3) is 3.97. The van der Waals surface area contributed by atoms with Gasteiger partial charge in [0.2, 0.25) is 0 Å². The zero-order valence-electron chi connectivity index (χ0n) is 8.37. The molecule has 0 fully saturated rings. The van der Waals surface area contributed by atoms with Crippen LogP contribution in [0.4, 0.5) is 0 Å². The van der Waals surface area contributed by atoms with E-state index < -0.39 is 5.60 Å². The van der Waals surface area contributed by atoms with Crippen molar-refractivity contribution in [3.63, 3.8) is 0 Å². The number of esters is 1. The summed E-state index contributed by atoms with van der Waals surface area (Å²) in [7, 11) is 0. The first-order valence-corrected chi connectivity index (χ1v) is 4.50. The molecule has 1 aliphatic rings. The van der Waals surface area contributed by atoms with Gasteiger partial charge in [0.1, 0.15) is 11.7 Å². The van der Waals surface area contributed by atoms with Gasteiger partial charge in [-0.15, -0.1) is 0 Å². The summed E-state index contributed by atoms with van der Waals surface area (Å²) in [5, 5.41) is 0. The summed E-state index contributed by atoms with van der Waals surface area (Å²) in [6, 6.07) is 0. The van der Waals surface area contributed by atoms with Gasteiger partial charge in [-0.2, -0.15) is 0 Å². The van der Waals surface area contributed by atoms with Crippen molar-refractivity contribution in [2.24, 2.45) is 0 Å². The van der Waals surface area contributed by atoms with Crippen molar-refractivity contribution in [3.8, 4) is 0 Å². The average Bonchev–Trinajstić information content (AvgIpc) is 2.34. The van der Waals surface area contributed by atoms with Gasteiger partial charge in [-0.05, 0) is 26.8 Å². The molecule has 0 aromatic rings. The van der Waals surface area contributed by atoms with Crippen molar-refractivity contribution < 1.29 is 14.3 Å². The van der Waals surface area contributed by atoms with Gasteiger partial charge in [-0.1, -0.05) is 0 Å². The first kappa shape index (κ1) is 10.1. The Hall–Kier alpha value is -0.990. The molecule has 0 bridgehead atoms. The van der Waals surface area contributed by atoms with E-state index in [0.29, 0.717) is 6.42 Å². The Morgan fingerprint density at radius 2 is 2.31 bits per heavy atom. The van der Waals surface area contributed by atoms with Crippen LogP contribution in [0.25, 0.3) is 0 Å². The van der Waals surface area contributed by atoms with E-state index >= 15 is 0 Å². The maximum atomic E-state index is 11.3. The number of hydrogen-bond donors (Lipinski definition) is 0. The van der Waals surface area contributed by atoms with E-state index in [9.17, 15) is 4.79 Å². The Bertz CT molecular complexity index is 205. The highest BCUT2D eigenvalue weighted by atomic mass is 16.6. The molecule has 1 heterocycles. The van der Waals surface area contributed by atoms with E-state index in [4.69, 9.17) is 9.47 Å². The summed E-state index contributed by atoms with van der Waals surface area (Å²) in [5.41, 5.74) is -0.400. The Labute approximate surface area is 78.7 Å². The second kappa shape index (κ2) is 3.81. The molecule has 3 nitrogen and oxygen atoms in total. The number of rotatable bonds is 2. The van der Waals surface area contributed by atoms with Crippen molar-refractivity contribution in [1.82, 2.24) is 0 Å². The van der Waals surface area contributed by atoms with Crippen LogP contribution in [0.5, 0.6) is 0 Å². The maximum Gasteiger partial charge on any atom is 0.310 e. The molecule has 0 saturated carbocycles. The molecule has 0 N–H and O–H groups in total. The molecule has 0 aliphatic carbocycles. The van der Waals surface area contributed by atoms with Crippen LogP contribution in [0.3, 0.4) is 0 Å². The molecule has 1 unspecified atom stereocenters. The minimum absolute atomic E-state index is 0.0187. The summed E-state index contributed by atoms with van der Waals surface area (Å²) in [6.07, 6.45) is 4.67. The van der Waals surface area contributed by atoms with Gasteiger partial charge in [0.25, 0.3) is 0 Å². The minimum atomic E-state index is -0.400. The van der Waals surface area contributed by atoms with Crippen LogP contribution < -0.4 is 0 Å². The lowest BCUT2D eigenvalue weighted by Crippen LogP contribution is -2.26. The number of carbonyl (C=O) groups excluding carboxylic acids is 1. The summed E-state index contributed by atoms with van der Waals surface area (Å²) < 4.78 is 10.3. The van der Waals surface area contributed by atoms with Crippen LogP contribution in [0, 0.1) is 0 Å². The van der Waals surface area contributed by atoms with Crippen molar-refractivity contribution >= 4 is 5.97 Å². The lowest BCUT2D eigenvalue weighted by Gasteiger charge is -2.20. The highest BCUT2D eigenvalue weighted by Crippen LogP contribution is 2.15. The fraction of sp³-hybridized carbons (Fsp3) is 0.700. The van der Waals surface area contributed by atoms with Gasteiger partial charge >= 0.3 is 5.97 Å². The van der Waals surface area contributed by atoms with Gasteiger partial charge in [0.05, 0.1) is 12.7 Å². The van der Waals surface area contributed by atoms with Gasteiger partial charge in [-0.25, -0.2) is 0 Å². The van der Waals surface area contributed by atoms with Gasteiger partial charge in [0.15, 0.2) is 0 Å². The van der Waals surface area contributed by atoms with E-state index in [1.165, 1.54) is 0 Å². The lowest BCUT2D eigenvalue weighted by molar-refractivity contribution is -0.156. The van der Waals surface area contributed by atoms with Gasteiger partial charge in [0, 0.05) is 6.42 Å². The third-order valence-electron chi connectivity index (χ3n) is 1.58. The lowest BCUT2D eigenvalue weighted by atomic mass is 10.1. The molecule has 13 heavy (non-hydrogen) atoms. The van der Waals surface area contributed by atoms with Crippen LogP contribution in [-0.2, 0) is 14.3 Å². The Morgan fingerprint density at radius 1 is 1.62 bits per heavy atom. The van der Waals surface area contributed by atoms with E-state index in [-0.39, 0.29) is 12.1 Å². The SMILES string of the molecule is CC(C)(C)OC(=O)CC1CC=CO1. The molecule has 0 radical (unpaired) electrons. The third-order valence-corrected chi connectivity index (χ3v) is 1.58. The van der Waals surface area contributed by atoms with Crippen LogP contribution in [-0.4, -0.2) is 17.7 Å². The molecular weight excluding hydrogens is 168 g/mol. The average molecular weight is 184 g/mol. The van der Waals surface area contributed by atoms with E-state index in [1.54, 1.807) is 6.26 Å². The minimum Gasteiger partial charge on any atom is -0.497 e. The Kier molecular flexibility index (Phi) is 2.96. The molecule has 1 aliphatic heterocycles. The van der Waals surface area contributed by atoms with E-state index in [2.05, 4.69) is 0 Å². The molecule has 1 rings (SSSR count). The van der Waals surface area contributed by atoms with Crippen molar-refractivity contribution in [2.75, 3.05) is 0 Å². The first-order chi connectivity index (χ1) is 5.97. The van der Waals surface area contributed by atoms with Gasteiger partial charge < -0.3 is 9.47 Å². The van der Waals surface area contributed by atoms with E-state index in [1.807, 2.05) is 26.8 Å². The Morgan fingerprint density at radius 3 is 2.77 bits per heavy atom. The summed E-state index contributed by atoms with van der Waals surface area (Å²) in [5.74, 6) is -0.193. The van der Waals surface area contributed by atoms with Crippen LogP contribution in [0.1, 0.15) is 33.6 Å². The van der Waals surface area contributed by atoms with Crippen LogP contribution in [0.15, 0.2) is 12.3 Å². The largest absolute Gasteiger partial charge is 0.497 e.